The second-order valence-electron chi connectivity index (χ2n) is 5.11. The van der Waals surface area contributed by atoms with Crippen LogP contribution in [0.2, 0.25) is 0 Å². The first-order valence-corrected chi connectivity index (χ1v) is 5.79. The minimum absolute atomic E-state index is 0.286. The van der Waals surface area contributed by atoms with Crippen molar-refractivity contribution in [2.24, 2.45) is 11.8 Å². The standard InChI is InChI=1S/C11H18N2O/c1-7(8-2-3-8)11(14)13-6-9-4-10(13)5-12-9/h7-10,12H,2-6H2,1H3. The van der Waals surface area contributed by atoms with E-state index in [1.165, 1.54) is 19.3 Å². The number of nitrogens with zero attached hydrogens (tertiary/aromatic N) is 1. The number of nitrogens with one attached hydrogen (secondary N) is 1. The summed E-state index contributed by atoms with van der Waals surface area (Å²) in [5.74, 6) is 1.41. The van der Waals surface area contributed by atoms with Crippen LogP contribution in [-0.2, 0) is 4.79 Å². The van der Waals surface area contributed by atoms with Gasteiger partial charge in [0.1, 0.15) is 0 Å². The van der Waals surface area contributed by atoms with Gasteiger partial charge in [-0.15, -0.1) is 0 Å². The van der Waals surface area contributed by atoms with Gasteiger partial charge in [0.05, 0.1) is 0 Å². The van der Waals surface area contributed by atoms with Gasteiger partial charge in [0.2, 0.25) is 5.91 Å². The molecule has 3 unspecified atom stereocenters. The highest BCUT2D eigenvalue weighted by atomic mass is 16.2. The molecule has 0 aromatic heterocycles. The Hall–Kier alpha value is -0.570. The van der Waals surface area contributed by atoms with E-state index in [1.807, 2.05) is 0 Å². The Morgan fingerprint density at radius 1 is 1.50 bits per heavy atom. The second kappa shape index (κ2) is 2.96. The van der Waals surface area contributed by atoms with E-state index in [2.05, 4.69) is 17.1 Å². The molecule has 1 N–H and O–H groups in total. The molecule has 14 heavy (non-hydrogen) atoms. The first kappa shape index (κ1) is 8.72. The number of carbonyl (C=O) groups excluding carboxylic acids is 1. The number of likely N-dealkylation sites (tertiary alicyclic amines) is 1. The van der Waals surface area contributed by atoms with E-state index in [-0.39, 0.29) is 5.92 Å². The Morgan fingerprint density at radius 2 is 2.29 bits per heavy atom. The normalized spacial score (nSPS) is 37.6. The molecule has 3 heteroatoms. The van der Waals surface area contributed by atoms with E-state index < -0.39 is 0 Å². The average molecular weight is 194 g/mol. The highest BCUT2D eigenvalue weighted by Gasteiger charge is 2.43. The number of piperazine rings is 1. The summed E-state index contributed by atoms with van der Waals surface area (Å²) < 4.78 is 0. The third kappa shape index (κ3) is 1.26. The first-order chi connectivity index (χ1) is 6.75. The van der Waals surface area contributed by atoms with Crippen LogP contribution in [0.1, 0.15) is 26.2 Å². The number of fused-ring (bicyclic) bond motifs is 2. The molecule has 1 saturated carbocycles. The minimum Gasteiger partial charge on any atom is -0.337 e. The van der Waals surface area contributed by atoms with Crippen LogP contribution in [0.3, 0.4) is 0 Å². The molecule has 3 rings (SSSR count). The van der Waals surface area contributed by atoms with Crippen LogP contribution in [0.15, 0.2) is 0 Å². The number of rotatable bonds is 2. The van der Waals surface area contributed by atoms with Crippen molar-refractivity contribution in [3.05, 3.63) is 0 Å². The molecule has 1 aliphatic carbocycles. The lowest BCUT2D eigenvalue weighted by Gasteiger charge is -2.29. The fourth-order valence-corrected chi connectivity index (χ4v) is 2.89. The summed E-state index contributed by atoms with van der Waals surface area (Å²) in [4.78, 5) is 14.2. The van der Waals surface area contributed by atoms with Crippen LogP contribution in [-0.4, -0.2) is 36.0 Å². The molecular formula is C11H18N2O. The Balaban J connectivity index is 1.67. The maximum absolute atomic E-state index is 12.1. The van der Waals surface area contributed by atoms with Crippen LogP contribution in [0.4, 0.5) is 0 Å². The predicted octanol–water partition coefficient (Wildman–Crippen LogP) is 0.605. The lowest BCUT2D eigenvalue weighted by Crippen LogP contribution is -2.48. The summed E-state index contributed by atoms with van der Waals surface area (Å²) in [6.07, 6.45) is 3.73. The lowest BCUT2D eigenvalue weighted by atomic mass is 10.0. The van der Waals surface area contributed by atoms with Crippen molar-refractivity contribution in [2.75, 3.05) is 13.1 Å². The van der Waals surface area contributed by atoms with E-state index in [1.54, 1.807) is 0 Å². The van der Waals surface area contributed by atoms with Crippen molar-refractivity contribution < 1.29 is 4.79 Å². The quantitative estimate of drug-likeness (QED) is 0.698. The van der Waals surface area contributed by atoms with Gasteiger partial charge in [-0.25, -0.2) is 0 Å². The third-order valence-corrected chi connectivity index (χ3v) is 4.06. The molecule has 2 saturated heterocycles. The molecule has 2 bridgehead atoms. The van der Waals surface area contributed by atoms with Crippen LogP contribution >= 0.6 is 0 Å². The minimum atomic E-state index is 0.286. The smallest absolute Gasteiger partial charge is 0.226 e. The van der Waals surface area contributed by atoms with E-state index in [0.29, 0.717) is 23.9 Å². The maximum Gasteiger partial charge on any atom is 0.226 e. The Morgan fingerprint density at radius 3 is 2.79 bits per heavy atom. The lowest BCUT2D eigenvalue weighted by molar-refractivity contribution is -0.137. The summed E-state index contributed by atoms with van der Waals surface area (Å²) in [7, 11) is 0. The van der Waals surface area contributed by atoms with Crippen LogP contribution in [0.5, 0.6) is 0 Å². The van der Waals surface area contributed by atoms with E-state index in [0.717, 1.165) is 13.1 Å². The second-order valence-corrected chi connectivity index (χ2v) is 5.11. The molecule has 1 amide bonds. The molecule has 2 heterocycles. The fraction of sp³-hybridized carbons (Fsp3) is 0.909. The van der Waals surface area contributed by atoms with Crippen LogP contribution in [0.25, 0.3) is 0 Å². The summed E-state index contributed by atoms with van der Waals surface area (Å²) >= 11 is 0. The molecular weight excluding hydrogens is 176 g/mol. The molecule has 0 aromatic rings. The van der Waals surface area contributed by atoms with Crippen molar-refractivity contribution in [3.8, 4) is 0 Å². The van der Waals surface area contributed by atoms with Gasteiger partial charge in [0, 0.05) is 31.1 Å². The Labute approximate surface area is 84.8 Å². The predicted molar refractivity (Wildman–Crippen MR) is 53.8 cm³/mol. The molecule has 78 valence electrons. The highest BCUT2D eigenvalue weighted by Crippen LogP contribution is 2.38. The topological polar surface area (TPSA) is 32.3 Å². The zero-order chi connectivity index (χ0) is 9.71. The van der Waals surface area contributed by atoms with Crippen molar-refractivity contribution in [1.29, 1.82) is 0 Å². The van der Waals surface area contributed by atoms with E-state index in [4.69, 9.17) is 0 Å². The average Bonchev–Trinajstić information content (AvgIpc) is 2.84. The Bertz CT molecular complexity index is 262. The first-order valence-electron chi connectivity index (χ1n) is 5.79. The van der Waals surface area contributed by atoms with Gasteiger partial charge < -0.3 is 10.2 Å². The summed E-state index contributed by atoms with van der Waals surface area (Å²) in [6, 6.07) is 1.10. The molecule has 3 atom stereocenters. The van der Waals surface area contributed by atoms with Gasteiger partial charge in [0.15, 0.2) is 0 Å². The van der Waals surface area contributed by atoms with Crippen molar-refractivity contribution in [3.63, 3.8) is 0 Å². The van der Waals surface area contributed by atoms with Gasteiger partial charge in [-0.1, -0.05) is 6.92 Å². The van der Waals surface area contributed by atoms with Crippen LogP contribution in [0, 0.1) is 11.8 Å². The molecule has 3 aliphatic rings. The summed E-state index contributed by atoms with van der Waals surface area (Å²) in [6.45, 7) is 4.09. The summed E-state index contributed by atoms with van der Waals surface area (Å²) in [5, 5.41) is 3.43. The van der Waals surface area contributed by atoms with Gasteiger partial charge in [-0.05, 0) is 25.2 Å². The Kier molecular flexibility index (Phi) is 1.84. The fourth-order valence-electron chi connectivity index (χ4n) is 2.89. The van der Waals surface area contributed by atoms with Crippen LogP contribution < -0.4 is 5.32 Å². The van der Waals surface area contributed by atoms with Gasteiger partial charge in [-0.2, -0.15) is 0 Å². The third-order valence-electron chi connectivity index (χ3n) is 4.06. The van der Waals surface area contributed by atoms with Crippen molar-refractivity contribution >= 4 is 5.91 Å². The maximum atomic E-state index is 12.1. The molecule has 2 aliphatic heterocycles. The van der Waals surface area contributed by atoms with E-state index >= 15 is 0 Å². The monoisotopic (exact) mass is 194 g/mol. The zero-order valence-corrected chi connectivity index (χ0v) is 8.70. The van der Waals surface area contributed by atoms with Crippen molar-refractivity contribution in [2.45, 2.75) is 38.3 Å². The molecule has 0 radical (unpaired) electrons. The highest BCUT2D eigenvalue weighted by molar-refractivity contribution is 5.80. The van der Waals surface area contributed by atoms with Gasteiger partial charge in [-0.3, -0.25) is 4.79 Å². The SMILES string of the molecule is CC(C(=O)N1CC2CC1CN2)C1CC1. The molecule has 3 fully saturated rings. The van der Waals surface area contributed by atoms with Gasteiger partial charge >= 0.3 is 0 Å². The van der Waals surface area contributed by atoms with Gasteiger partial charge in [0.25, 0.3) is 0 Å². The number of carbonyl (C=O) groups is 1. The molecule has 0 aromatic carbocycles. The number of amides is 1. The zero-order valence-electron chi connectivity index (χ0n) is 8.70. The number of hydrogen-bond donors (Lipinski definition) is 1. The largest absolute Gasteiger partial charge is 0.337 e. The molecule has 3 nitrogen and oxygen atoms in total. The van der Waals surface area contributed by atoms with E-state index in [9.17, 15) is 4.79 Å². The number of hydrogen-bond acceptors (Lipinski definition) is 2. The molecule has 0 spiro atoms. The van der Waals surface area contributed by atoms with Crippen molar-refractivity contribution in [1.82, 2.24) is 10.2 Å². The summed E-state index contributed by atoms with van der Waals surface area (Å²) in [5.41, 5.74) is 0.